The Kier molecular flexibility index (Phi) is 3.17. The topological polar surface area (TPSA) is 24.9 Å². The highest BCUT2D eigenvalue weighted by molar-refractivity contribution is 5.36. The first-order valence-electron chi connectivity index (χ1n) is 6.25. The first-order valence-corrected chi connectivity index (χ1v) is 6.25. The molecule has 0 amide bonds. The summed E-state index contributed by atoms with van der Waals surface area (Å²) in [4.78, 5) is 4.50. The molecule has 2 nitrogen and oxygen atoms in total. The van der Waals surface area contributed by atoms with Crippen LogP contribution in [0, 0.1) is 12.3 Å². The molecule has 88 valence electrons. The third-order valence-corrected chi connectivity index (χ3v) is 3.45. The number of aromatic nitrogens is 1. The first-order chi connectivity index (χ1) is 7.55. The summed E-state index contributed by atoms with van der Waals surface area (Å²) in [5.41, 5.74) is 1.57. The molecule has 1 N–H and O–H groups in total. The number of rotatable bonds is 2. The van der Waals surface area contributed by atoms with E-state index in [0.717, 1.165) is 11.5 Å². The molecule has 2 heteroatoms. The van der Waals surface area contributed by atoms with Crippen molar-refractivity contribution < 1.29 is 0 Å². The summed E-state index contributed by atoms with van der Waals surface area (Å²) in [7, 11) is 0. The minimum absolute atomic E-state index is 0.486. The zero-order chi connectivity index (χ0) is 11.6. The second-order valence-corrected chi connectivity index (χ2v) is 5.77. The van der Waals surface area contributed by atoms with Crippen molar-refractivity contribution in [2.75, 3.05) is 5.32 Å². The van der Waals surface area contributed by atoms with Gasteiger partial charge in [0, 0.05) is 11.7 Å². The Hall–Kier alpha value is -1.05. The maximum Gasteiger partial charge on any atom is 0.126 e. The number of pyridine rings is 1. The minimum atomic E-state index is 0.486. The van der Waals surface area contributed by atoms with Gasteiger partial charge in [-0.05, 0) is 43.7 Å². The molecule has 0 aromatic carbocycles. The van der Waals surface area contributed by atoms with Gasteiger partial charge in [0.2, 0.25) is 0 Å². The van der Waals surface area contributed by atoms with Crippen LogP contribution in [0.2, 0.25) is 0 Å². The molecule has 1 fully saturated rings. The Labute approximate surface area is 98.5 Å². The largest absolute Gasteiger partial charge is 0.367 e. The van der Waals surface area contributed by atoms with E-state index < -0.39 is 0 Å². The normalized spacial score (nSPS) is 24.1. The Morgan fingerprint density at radius 1 is 1.38 bits per heavy atom. The SMILES string of the molecule is Cc1cccc(NC2CCCC(C)(C)C2)n1. The van der Waals surface area contributed by atoms with Crippen LogP contribution in [-0.4, -0.2) is 11.0 Å². The zero-order valence-corrected chi connectivity index (χ0v) is 10.6. The summed E-state index contributed by atoms with van der Waals surface area (Å²) in [5.74, 6) is 1.03. The zero-order valence-electron chi connectivity index (χ0n) is 10.6. The highest BCUT2D eigenvalue weighted by Crippen LogP contribution is 2.36. The molecule has 16 heavy (non-hydrogen) atoms. The maximum absolute atomic E-state index is 4.50. The fourth-order valence-corrected chi connectivity index (χ4v) is 2.65. The van der Waals surface area contributed by atoms with E-state index in [4.69, 9.17) is 0 Å². The van der Waals surface area contributed by atoms with Gasteiger partial charge in [-0.15, -0.1) is 0 Å². The van der Waals surface area contributed by atoms with Crippen LogP contribution in [0.3, 0.4) is 0 Å². The summed E-state index contributed by atoms with van der Waals surface area (Å²) >= 11 is 0. The van der Waals surface area contributed by atoms with Crippen LogP contribution in [0.15, 0.2) is 18.2 Å². The molecule has 1 aliphatic rings. The van der Waals surface area contributed by atoms with Gasteiger partial charge >= 0.3 is 0 Å². The van der Waals surface area contributed by atoms with Crippen molar-refractivity contribution in [2.24, 2.45) is 5.41 Å². The summed E-state index contributed by atoms with van der Waals surface area (Å²) in [6.45, 7) is 6.77. The van der Waals surface area contributed by atoms with Gasteiger partial charge in [-0.2, -0.15) is 0 Å². The fourth-order valence-electron chi connectivity index (χ4n) is 2.65. The van der Waals surface area contributed by atoms with Gasteiger partial charge in [-0.25, -0.2) is 4.98 Å². The number of nitrogens with zero attached hydrogens (tertiary/aromatic N) is 1. The summed E-state index contributed by atoms with van der Waals surface area (Å²) in [6, 6.07) is 6.77. The molecule has 2 rings (SSSR count). The van der Waals surface area contributed by atoms with Crippen molar-refractivity contribution in [3.63, 3.8) is 0 Å². The first kappa shape index (κ1) is 11.4. The van der Waals surface area contributed by atoms with E-state index in [1.807, 2.05) is 13.0 Å². The van der Waals surface area contributed by atoms with E-state index in [2.05, 4.69) is 36.3 Å². The maximum atomic E-state index is 4.50. The average molecular weight is 218 g/mol. The van der Waals surface area contributed by atoms with Crippen LogP contribution in [0.25, 0.3) is 0 Å². The second kappa shape index (κ2) is 4.44. The molecular weight excluding hydrogens is 196 g/mol. The second-order valence-electron chi connectivity index (χ2n) is 5.77. The lowest BCUT2D eigenvalue weighted by Crippen LogP contribution is -2.32. The van der Waals surface area contributed by atoms with E-state index in [1.54, 1.807) is 0 Å². The molecular formula is C14H22N2. The molecule has 0 saturated heterocycles. The number of hydrogen-bond donors (Lipinski definition) is 1. The van der Waals surface area contributed by atoms with E-state index >= 15 is 0 Å². The van der Waals surface area contributed by atoms with Crippen molar-refractivity contribution in [1.29, 1.82) is 0 Å². The Morgan fingerprint density at radius 2 is 2.19 bits per heavy atom. The smallest absolute Gasteiger partial charge is 0.126 e. The van der Waals surface area contributed by atoms with Crippen LogP contribution < -0.4 is 5.32 Å². The molecule has 1 atom stereocenters. The van der Waals surface area contributed by atoms with Gasteiger partial charge in [0.1, 0.15) is 5.82 Å². The van der Waals surface area contributed by atoms with Crippen molar-refractivity contribution >= 4 is 5.82 Å². The van der Waals surface area contributed by atoms with Crippen LogP contribution >= 0.6 is 0 Å². The summed E-state index contributed by atoms with van der Waals surface area (Å²) in [5, 5.41) is 3.57. The third kappa shape index (κ3) is 2.97. The Bertz CT molecular complexity index is 358. The fraction of sp³-hybridized carbons (Fsp3) is 0.643. The molecule has 1 saturated carbocycles. The Morgan fingerprint density at radius 3 is 2.88 bits per heavy atom. The lowest BCUT2D eigenvalue weighted by Gasteiger charge is -2.35. The van der Waals surface area contributed by atoms with Crippen LogP contribution in [0.5, 0.6) is 0 Å². The van der Waals surface area contributed by atoms with Crippen molar-refractivity contribution in [1.82, 2.24) is 4.98 Å². The van der Waals surface area contributed by atoms with Gasteiger partial charge in [0.25, 0.3) is 0 Å². The molecule has 0 aliphatic heterocycles. The monoisotopic (exact) mass is 218 g/mol. The van der Waals surface area contributed by atoms with Gasteiger partial charge in [-0.3, -0.25) is 0 Å². The van der Waals surface area contributed by atoms with E-state index in [0.29, 0.717) is 11.5 Å². The van der Waals surface area contributed by atoms with Crippen LogP contribution in [-0.2, 0) is 0 Å². The molecule has 0 spiro atoms. The highest BCUT2D eigenvalue weighted by atomic mass is 15.0. The highest BCUT2D eigenvalue weighted by Gasteiger charge is 2.27. The molecule has 1 aromatic rings. The van der Waals surface area contributed by atoms with E-state index in [1.165, 1.54) is 25.7 Å². The van der Waals surface area contributed by atoms with Gasteiger partial charge < -0.3 is 5.32 Å². The molecule has 1 unspecified atom stereocenters. The summed E-state index contributed by atoms with van der Waals surface area (Å²) in [6.07, 6.45) is 5.21. The number of anilines is 1. The Balaban J connectivity index is 1.99. The van der Waals surface area contributed by atoms with Gasteiger partial charge in [0.15, 0.2) is 0 Å². The predicted octanol–water partition coefficient (Wildman–Crippen LogP) is 3.77. The third-order valence-electron chi connectivity index (χ3n) is 3.45. The number of hydrogen-bond acceptors (Lipinski definition) is 2. The quantitative estimate of drug-likeness (QED) is 0.817. The van der Waals surface area contributed by atoms with E-state index in [9.17, 15) is 0 Å². The predicted molar refractivity (Wildman–Crippen MR) is 68.6 cm³/mol. The number of nitrogens with one attached hydrogen (secondary N) is 1. The van der Waals surface area contributed by atoms with Crippen LogP contribution in [0.4, 0.5) is 5.82 Å². The molecule has 1 aromatic heterocycles. The molecule has 1 aliphatic carbocycles. The lowest BCUT2D eigenvalue weighted by molar-refractivity contribution is 0.229. The molecule has 0 bridgehead atoms. The lowest BCUT2D eigenvalue weighted by atomic mass is 9.75. The van der Waals surface area contributed by atoms with Gasteiger partial charge in [0.05, 0.1) is 0 Å². The van der Waals surface area contributed by atoms with Crippen molar-refractivity contribution in [2.45, 2.75) is 52.5 Å². The van der Waals surface area contributed by atoms with Crippen LogP contribution in [0.1, 0.15) is 45.2 Å². The standard InChI is InChI=1S/C14H22N2/c1-11-6-4-8-13(15-11)16-12-7-5-9-14(2,3)10-12/h4,6,8,12H,5,7,9-10H2,1-3H3,(H,15,16). The minimum Gasteiger partial charge on any atom is -0.367 e. The van der Waals surface area contributed by atoms with E-state index in [-0.39, 0.29) is 0 Å². The average Bonchev–Trinajstić information content (AvgIpc) is 2.15. The molecule has 0 radical (unpaired) electrons. The van der Waals surface area contributed by atoms with Crippen molar-refractivity contribution in [3.05, 3.63) is 23.9 Å². The van der Waals surface area contributed by atoms with Gasteiger partial charge in [-0.1, -0.05) is 26.3 Å². The van der Waals surface area contributed by atoms with Crippen molar-refractivity contribution in [3.8, 4) is 0 Å². The molecule has 1 heterocycles. The number of aryl methyl sites for hydroxylation is 1. The summed E-state index contributed by atoms with van der Waals surface area (Å²) < 4.78 is 0.